The predicted octanol–water partition coefficient (Wildman–Crippen LogP) is 3.70. The third-order valence-corrected chi connectivity index (χ3v) is 6.87. The lowest BCUT2D eigenvalue weighted by atomic mass is 9.68. The van der Waals surface area contributed by atoms with Crippen molar-refractivity contribution in [3.8, 4) is 5.69 Å². The van der Waals surface area contributed by atoms with Crippen molar-refractivity contribution in [3.63, 3.8) is 0 Å². The van der Waals surface area contributed by atoms with Gasteiger partial charge in [0.15, 0.2) is 0 Å². The molecule has 5 heteroatoms. The number of pyridine rings is 1. The standard InChI is InChI=1S/C24H28N4O/c1-18-26-12-13-28(18)22-8-6-19(7-9-22)15-27-16-20-4-2-10-24(29,23(20)17-27)21-5-3-11-25-14-21/h3,5-9,11-14,20,23,29H,2,4,10,15-17H2,1H3. The maximum absolute atomic E-state index is 11.6. The number of rotatable bonds is 4. The molecule has 0 amide bonds. The summed E-state index contributed by atoms with van der Waals surface area (Å²) in [6.45, 7) is 4.96. The van der Waals surface area contributed by atoms with Crippen molar-refractivity contribution in [2.45, 2.75) is 38.3 Å². The summed E-state index contributed by atoms with van der Waals surface area (Å²) >= 11 is 0. The van der Waals surface area contributed by atoms with Gasteiger partial charge in [0.2, 0.25) is 0 Å². The molecule has 0 radical (unpaired) electrons. The van der Waals surface area contributed by atoms with Gasteiger partial charge in [0, 0.05) is 61.6 Å². The molecule has 1 aliphatic heterocycles. The summed E-state index contributed by atoms with van der Waals surface area (Å²) in [5, 5.41) is 11.6. The fraction of sp³-hybridized carbons (Fsp3) is 0.417. The Labute approximate surface area is 172 Å². The fourth-order valence-electron chi connectivity index (χ4n) is 5.39. The van der Waals surface area contributed by atoms with Crippen LogP contribution >= 0.6 is 0 Å². The van der Waals surface area contributed by atoms with Crippen molar-refractivity contribution in [2.75, 3.05) is 13.1 Å². The predicted molar refractivity (Wildman–Crippen MR) is 113 cm³/mol. The number of hydrogen-bond acceptors (Lipinski definition) is 4. The van der Waals surface area contributed by atoms with Gasteiger partial charge >= 0.3 is 0 Å². The lowest BCUT2D eigenvalue weighted by Gasteiger charge is -2.41. The quantitative estimate of drug-likeness (QED) is 0.741. The molecule has 1 N–H and O–H groups in total. The second-order valence-electron chi connectivity index (χ2n) is 8.63. The minimum Gasteiger partial charge on any atom is -0.385 e. The topological polar surface area (TPSA) is 54.2 Å². The maximum atomic E-state index is 11.6. The van der Waals surface area contributed by atoms with E-state index in [1.807, 2.05) is 37.6 Å². The Balaban J connectivity index is 1.31. The van der Waals surface area contributed by atoms with Gasteiger partial charge < -0.3 is 9.67 Å². The molecule has 3 heterocycles. The van der Waals surface area contributed by atoms with Crippen LogP contribution in [-0.2, 0) is 12.1 Å². The van der Waals surface area contributed by atoms with E-state index in [1.165, 1.54) is 12.0 Å². The summed E-state index contributed by atoms with van der Waals surface area (Å²) in [5.41, 5.74) is 2.70. The molecule has 3 aromatic rings. The van der Waals surface area contributed by atoms with Crippen LogP contribution in [0.4, 0.5) is 0 Å². The van der Waals surface area contributed by atoms with E-state index < -0.39 is 5.60 Å². The van der Waals surface area contributed by atoms with Crippen LogP contribution in [0, 0.1) is 18.8 Å². The first-order valence-corrected chi connectivity index (χ1v) is 10.6. The average molecular weight is 389 g/mol. The highest BCUT2D eigenvalue weighted by Gasteiger charge is 2.49. The van der Waals surface area contributed by atoms with Crippen LogP contribution in [0.2, 0.25) is 0 Å². The first kappa shape index (κ1) is 18.5. The Morgan fingerprint density at radius 1 is 1.14 bits per heavy atom. The van der Waals surface area contributed by atoms with Crippen molar-refractivity contribution < 1.29 is 5.11 Å². The largest absolute Gasteiger partial charge is 0.385 e. The molecule has 5 nitrogen and oxygen atoms in total. The van der Waals surface area contributed by atoms with Crippen LogP contribution in [0.1, 0.15) is 36.2 Å². The van der Waals surface area contributed by atoms with E-state index in [-0.39, 0.29) is 5.92 Å². The van der Waals surface area contributed by atoms with Crippen LogP contribution in [0.3, 0.4) is 0 Å². The molecule has 2 aliphatic rings. The monoisotopic (exact) mass is 388 g/mol. The number of nitrogens with zero attached hydrogens (tertiary/aromatic N) is 4. The zero-order chi connectivity index (χ0) is 19.8. The Morgan fingerprint density at radius 3 is 2.72 bits per heavy atom. The van der Waals surface area contributed by atoms with Gasteiger partial charge in [-0.2, -0.15) is 0 Å². The van der Waals surface area contributed by atoms with Gasteiger partial charge in [-0.05, 0) is 55.9 Å². The molecule has 2 fully saturated rings. The van der Waals surface area contributed by atoms with Crippen LogP contribution < -0.4 is 0 Å². The van der Waals surface area contributed by atoms with E-state index in [4.69, 9.17) is 0 Å². The molecule has 0 spiro atoms. The van der Waals surface area contributed by atoms with Crippen molar-refractivity contribution in [1.29, 1.82) is 0 Å². The zero-order valence-electron chi connectivity index (χ0n) is 16.9. The highest BCUT2D eigenvalue weighted by molar-refractivity contribution is 5.36. The van der Waals surface area contributed by atoms with Gasteiger partial charge in [-0.15, -0.1) is 0 Å². The van der Waals surface area contributed by atoms with Crippen LogP contribution in [-0.4, -0.2) is 37.6 Å². The van der Waals surface area contributed by atoms with E-state index in [9.17, 15) is 5.11 Å². The first-order valence-electron chi connectivity index (χ1n) is 10.6. The van der Waals surface area contributed by atoms with E-state index in [0.717, 1.165) is 49.6 Å². The number of hydrogen-bond donors (Lipinski definition) is 1. The molecule has 0 bridgehead atoms. The van der Waals surface area contributed by atoms with Crippen molar-refractivity contribution in [1.82, 2.24) is 19.4 Å². The minimum atomic E-state index is -0.741. The lowest BCUT2D eigenvalue weighted by molar-refractivity contribution is -0.0650. The molecule has 3 atom stereocenters. The maximum Gasteiger partial charge on any atom is 0.110 e. The second kappa shape index (κ2) is 7.39. The van der Waals surface area contributed by atoms with E-state index in [2.05, 4.69) is 43.7 Å². The Morgan fingerprint density at radius 2 is 2.00 bits per heavy atom. The molecule has 2 aromatic heterocycles. The average Bonchev–Trinajstić information content (AvgIpc) is 3.36. The molecule has 1 saturated carbocycles. The van der Waals surface area contributed by atoms with Crippen molar-refractivity contribution >= 4 is 0 Å². The number of aryl methyl sites for hydroxylation is 1. The molecule has 29 heavy (non-hydrogen) atoms. The van der Waals surface area contributed by atoms with Gasteiger partial charge in [-0.1, -0.05) is 18.2 Å². The van der Waals surface area contributed by atoms with Gasteiger partial charge in [-0.25, -0.2) is 4.98 Å². The zero-order valence-corrected chi connectivity index (χ0v) is 16.9. The van der Waals surface area contributed by atoms with Gasteiger partial charge in [-0.3, -0.25) is 9.88 Å². The molecule has 1 aromatic carbocycles. The molecular formula is C24H28N4O. The Hall–Kier alpha value is -2.50. The summed E-state index contributed by atoms with van der Waals surface area (Å²) < 4.78 is 2.10. The third kappa shape index (κ3) is 3.38. The van der Waals surface area contributed by atoms with Crippen LogP contribution in [0.15, 0.2) is 61.2 Å². The fourth-order valence-corrected chi connectivity index (χ4v) is 5.39. The molecule has 150 valence electrons. The third-order valence-electron chi connectivity index (χ3n) is 6.87. The first-order chi connectivity index (χ1) is 14.1. The summed E-state index contributed by atoms with van der Waals surface area (Å²) in [6, 6.07) is 12.7. The van der Waals surface area contributed by atoms with Gasteiger partial charge in [0.1, 0.15) is 5.82 Å². The van der Waals surface area contributed by atoms with E-state index >= 15 is 0 Å². The highest BCUT2D eigenvalue weighted by atomic mass is 16.3. The number of aliphatic hydroxyl groups is 1. The molecule has 1 saturated heterocycles. The number of fused-ring (bicyclic) bond motifs is 1. The Bertz CT molecular complexity index is 968. The molecule has 1 aliphatic carbocycles. The summed E-state index contributed by atoms with van der Waals surface area (Å²) in [4.78, 5) is 11.1. The molecule has 3 unspecified atom stereocenters. The normalized spacial score (nSPS) is 27.1. The summed E-state index contributed by atoms with van der Waals surface area (Å²) in [5.74, 6) is 1.84. The number of likely N-dealkylation sites (tertiary alicyclic amines) is 1. The van der Waals surface area contributed by atoms with Gasteiger partial charge in [0.25, 0.3) is 0 Å². The van der Waals surface area contributed by atoms with Crippen molar-refractivity contribution in [3.05, 3.63) is 78.1 Å². The number of benzene rings is 1. The van der Waals surface area contributed by atoms with Gasteiger partial charge in [0.05, 0.1) is 5.60 Å². The van der Waals surface area contributed by atoms with Crippen molar-refractivity contribution in [2.24, 2.45) is 11.8 Å². The summed E-state index contributed by atoms with van der Waals surface area (Å²) in [6.07, 6.45) is 10.6. The molecule has 5 rings (SSSR count). The highest BCUT2D eigenvalue weighted by Crippen LogP contribution is 2.48. The van der Waals surface area contributed by atoms with E-state index in [1.54, 1.807) is 6.20 Å². The second-order valence-corrected chi connectivity index (χ2v) is 8.63. The molecular weight excluding hydrogens is 360 g/mol. The van der Waals surface area contributed by atoms with Crippen LogP contribution in [0.25, 0.3) is 5.69 Å². The smallest absolute Gasteiger partial charge is 0.110 e. The SMILES string of the molecule is Cc1nccn1-c1ccc(CN2CC3CCCC(O)(c4cccnc4)C3C2)cc1. The van der Waals surface area contributed by atoms with E-state index in [0.29, 0.717) is 5.92 Å². The number of imidazole rings is 1. The van der Waals surface area contributed by atoms with Crippen LogP contribution in [0.5, 0.6) is 0 Å². The lowest BCUT2D eigenvalue weighted by Crippen LogP contribution is -2.42. The number of aromatic nitrogens is 3. The Kier molecular flexibility index (Phi) is 4.72. The minimum absolute atomic E-state index is 0.285. The summed E-state index contributed by atoms with van der Waals surface area (Å²) in [7, 11) is 0.